The number of carbonyl (C=O) groups excluding carboxylic acids is 1. The van der Waals surface area contributed by atoms with E-state index in [1.54, 1.807) is 19.8 Å². The highest BCUT2D eigenvalue weighted by molar-refractivity contribution is 6.48. The molecule has 2 atom stereocenters. The first-order chi connectivity index (χ1) is 14.5. The number of rotatable bonds is 10. The summed E-state index contributed by atoms with van der Waals surface area (Å²) < 4.78 is 19.4. The molecule has 168 valence electrons. The predicted molar refractivity (Wildman–Crippen MR) is 126 cm³/mol. The molecule has 0 aliphatic heterocycles. The number of halogens is 2. The third-order valence-electron chi connectivity index (χ3n) is 5.43. The normalized spacial score (nSPS) is 13.5. The molecule has 0 saturated carbocycles. The van der Waals surface area contributed by atoms with Crippen molar-refractivity contribution >= 4 is 24.5 Å². The van der Waals surface area contributed by atoms with E-state index < -0.39 is 18.4 Å². The highest BCUT2D eigenvalue weighted by atomic mass is 35.5. The lowest BCUT2D eigenvalue weighted by Gasteiger charge is -2.32. The van der Waals surface area contributed by atoms with Gasteiger partial charge in [-0.3, -0.25) is 4.79 Å². The molecule has 0 spiro atoms. The van der Waals surface area contributed by atoms with Crippen LogP contribution in [0.4, 0.5) is 4.39 Å². The van der Waals surface area contributed by atoms with Gasteiger partial charge in [-0.1, -0.05) is 42.7 Å². The van der Waals surface area contributed by atoms with Gasteiger partial charge in [-0.05, 0) is 75.2 Å². The van der Waals surface area contributed by atoms with Gasteiger partial charge in [-0.2, -0.15) is 0 Å². The molecule has 0 bridgehead atoms. The minimum absolute atomic E-state index is 0.0333. The van der Waals surface area contributed by atoms with E-state index in [0.717, 1.165) is 11.1 Å². The van der Waals surface area contributed by atoms with E-state index in [9.17, 15) is 14.2 Å². The molecule has 0 amide bonds. The number of carbonyl (C=O) groups is 1. The Morgan fingerprint density at radius 3 is 2.45 bits per heavy atom. The maximum atomic E-state index is 14.2. The third kappa shape index (κ3) is 7.63. The Hall–Kier alpha value is -1.89. The van der Waals surface area contributed by atoms with Crippen LogP contribution >= 0.6 is 11.6 Å². The fourth-order valence-electron chi connectivity index (χ4n) is 3.90. The SMILES string of the molecule is CCOC(=O)[C@@H](C[C@H](CB(C)O)Cc1ccc(-c2cc(Cl)ccc2F)cc1)C(C)(C)N. The van der Waals surface area contributed by atoms with Crippen LogP contribution in [0.5, 0.6) is 0 Å². The summed E-state index contributed by atoms with van der Waals surface area (Å²) in [6.45, 7) is 6.95. The minimum atomic E-state index is -0.739. The first-order valence-electron chi connectivity index (χ1n) is 10.7. The van der Waals surface area contributed by atoms with Gasteiger partial charge in [-0.15, -0.1) is 0 Å². The van der Waals surface area contributed by atoms with E-state index in [1.807, 2.05) is 38.1 Å². The van der Waals surface area contributed by atoms with Gasteiger partial charge in [0.15, 0.2) is 0 Å². The zero-order valence-electron chi connectivity index (χ0n) is 18.7. The second-order valence-electron chi connectivity index (χ2n) is 8.84. The number of esters is 1. The maximum absolute atomic E-state index is 14.2. The number of nitrogens with two attached hydrogens (primary N) is 1. The van der Waals surface area contributed by atoms with E-state index in [4.69, 9.17) is 22.1 Å². The summed E-state index contributed by atoms with van der Waals surface area (Å²) >= 11 is 6.01. The lowest BCUT2D eigenvalue weighted by molar-refractivity contribution is -0.150. The lowest BCUT2D eigenvalue weighted by Crippen LogP contribution is -2.46. The highest BCUT2D eigenvalue weighted by Gasteiger charge is 2.35. The molecule has 0 aliphatic rings. The molecule has 0 aliphatic carbocycles. The largest absolute Gasteiger partial charge is 0.466 e. The quantitative estimate of drug-likeness (QED) is 0.386. The van der Waals surface area contributed by atoms with E-state index in [0.29, 0.717) is 36.4 Å². The molecular weight excluding hydrogens is 416 g/mol. The summed E-state index contributed by atoms with van der Waals surface area (Å²) in [6, 6.07) is 12.1. The van der Waals surface area contributed by atoms with Crippen LogP contribution in [-0.2, 0) is 16.0 Å². The Balaban J connectivity index is 2.21. The Kier molecular flexibility index (Phi) is 9.10. The van der Waals surface area contributed by atoms with Crippen molar-refractivity contribution in [1.82, 2.24) is 0 Å². The monoisotopic (exact) mass is 447 g/mol. The molecule has 2 aromatic carbocycles. The van der Waals surface area contributed by atoms with Crippen LogP contribution in [0.15, 0.2) is 42.5 Å². The number of ether oxygens (including phenoxy) is 1. The molecule has 0 heterocycles. The van der Waals surface area contributed by atoms with Gasteiger partial charge in [0.2, 0.25) is 0 Å². The van der Waals surface area contributed by atoms with Gasteiger partial charge in [0.25, 0.3) is 6.92 Å². The third-order valence-corrected chi connectivity index (χ3v) is 5.67. The van der Waals surface area contributed by atoms with E-state index in [-0.39, 0.29) is 17.7 Å². The number of benzene rings is 2. The number of hydrogen-bond donors (Lipinski definition) is 2. The van der Waals surface area contributed by atoms with Crippen LogP contribution in [0, 0.1) is 17.7 Å². The Labute approximate surface area is 190 Å². The van der Waals surface area contributed by atoms with Crippen molar-refractivity contribution in [1.29, 1.82) is 0 Å². The van der Waals surface area contributed by atoms with Gasteiger partial charge in [0.05, 0.1) is 12.5 Å². The molecular formula is C24H32BClFNO3. The molecule has 31 heavy (non-hydrogen) atoms. The van der Waals surface area contributed by atoms with Crippen molar-refractivity contribution in [2.45, 2.75) is 52.3 Å². The fourth-order valence-corrected chi connectivity index (χ4v) is 4.07. The molecule has 3 N–H and O–H groups in total. The molecule has 0 aromatic heterocycles. The van der Waals surface area contributed by atoms with Crippen LogP contribution in [0.2, 0.25) is 18.2 Å². The molecule has 4 nitrogen and oxygen atoms in total. The fraction of sp³-hybridized carbons (Fsp3) is 0.458. The molecule has 0 fully saturated rings. The van der Waals surface area contributed by atoms with Gasteiger partial charge >= 0.3 is 5.97 Å². The first kappa shape index (κ1) is 25.4. The average molecular weight is 448 g/mol. The van der Waals surface area contributed by atoms with E-state index in [1.165, 1.54) is 12.1 Å². The molecule has 0 saturated heterocycles. The minimum Gasteiger partial charge on any atom is -0.466 e. The van der Waals surface area contributed by atoms with Crippen molar-refractivity contribution in [3.8, 4) is 11.1 Å². The molecule has 2 rings (SSSR count). The second-order valence-corrected chi connectivity index (χ2v) is 9.27. The standard InChI is InChI=1S/C24H32BClFNO3/c1-5-31-23(29)21(24(2,3)28)13-17(15-25(4)30)12-16-6-8-18(9-7-16)20-14-19(26)10-11-22(20)27/h6-11,14,17,21,30H,5,12-13,15,28H2,1-4H3/t17-,21-/m1/s1. The summed E-state index contributed by atoms with van der Waals surface area (Å²) in [7, 11) is 0. The first-order valence-corrected chi connectivity index (χ1v) is 11.1. The zero-order chi connectivity index (χ0) is 23.2. The number of hydrogen-bond acceptors (Lipinski definition) is 4. The van der Waals surface area contributed by atoms with Gasteiger partial charge in [0.1, 0.15) is 5.82 Å². The van der Waals surface area contributed by atoms with Crippen molar-refractivity contribution in [3.63, 3.8) is 0 Å². The second kappa shape index (κ2) is 11.1. The average Bonchev–Trinajstić information content (AvgIpc) is 2.67. The van der Waals surface area contributed by atoms with Crippen LogP contribution in [0.3, 0.4) is 0 Å². The summed E-state index contributed by atoms with van der Waals surface area (Å²) in [5.41, 5.74) is 7.77. The summed E-state index contributed by atoms with van der Waals surface area (Å²) in [5.74, 6) is -1.08. The van der Waals surface area contributed by atoms with Crippen molar-refractivity contribution in [3.05, 3.63) is 58.9 Å². The summed E-state index contributed by atoms with van der Waals surface area (Å²) in [6.07, 6.45) is 1.71. The Bertz CT molecular complexity index is 868. The van der Waals surface area contributed by atoms with Crippen LogP contribution in [0.25, 0.3) is 11.1 Å². The Morgan fingerprint density at radius 1 is 1.26 bits per heavy atom. The molecule has 0 unspecified atom stereocenters. The zero-order valence-corrected chi connectivity index (χ0v) is 19.5. The van der Waals surface area contributed by atoms with Gasteiger partial charge < -0.3 is 15.5 Å². The van der Waals surface area contributed by atoms with Gasteiger partial charge in [-0.25, -0.2) is 4.39 Å². The molecule has 0 radical (unpaired) electrons. The van der Waals surface area contributed by atoms with Gasteiger partial charge in [0, 0.05) is 16.1 Å². The van der Waals surface area contributed by atoms with Crippen LogP contribution < -0.4 is 5.73 Å². The maximum Gasteiger partial charge on any atom is 0.310 e. The summed E-state index contributed by atoms with van der Waals surface area (Å²) in [4.78, 5) is 12.5. The van der Waals surface area contributed by atoms with Crippen LogP contribution in [-0.4, -0.2) is 30.1 Å². The van der Waals surface area contributed by atoms with E-state index >= 15 is 0 Å². The smallest absolute Gasteiger partial charge is 0.310 e. The lowest BCUT2D eigenvalue weighted by atomic mass is 9.61. The summed E-state index contributed by atoms with van der Waals surface area (Å²) in [5, 5.41) is 10.5. The predicted octanol–water partition coefficient (Wildman–Crippen LogP) is 5.23. The topological polar surface area (TPSA) is 72.5 Å². The van der Waals surface area contributed by atoms with Crippen molar-refractivity contribution < 1.29 is 18.9 Å². The van der Waals surface area contributed by atoms with Crippen molar-refractivity contribution in [2.75, 3.05) is 6.61 Å². The molecule has 7 heteroatoms. The van der Waals surface area contributed by atoms with Crippen LogP contribution in [0.1, 0.15) is 32.8 Å². The van der Waals surface area contributed by atoms with Crippen molar-refractivity contribution in [2.24, 2.45) is 17.6 Å². The van der Waals surface area contributed by atoms with E-state index in [2.05, 4.69) is 0 Å². The molecule has 2 aromatic rings. The highest BCUT2D eigenvalue weighted by Crippen LogP contribution is 2.31. The Morgan fingerprint density at radius 2 is 1.90 bits per heavy atom.